The Morgan fingerprint density at radius 2 is 1.84 bits per heavy atom. The molecule has 1 saturated heterocycles. The number of aryl methyl sites for hydroxylation is 1. The Hall–Kier alpha value is -2.72. The second-order valence-corrected chi connectivity index (χ2v) is 9.53. The number of hydrogen-bond donors (Lipinski definition) is 0. The van der Waals surface area contributed by atoms with Gasteiger partial charge in [-0.1, -0.05) is 41.9 Å². The summed E-state index contributed by atoms with van der Waals surface area (Å²) in [4.78, 5) is 12.9. The minimum Gasteiger partial charge on any atom is -0.457 e. The zero-order valence-electron chi connectivity index (χ0n) is 17.4. The number of para-hydroxylation sites is 1. The zero-order valence-corrected chi connectivity index (χ0v) is 19.0. The van der Waals surface area contributed by atoms with Gasteiger partial charge >= 0.3 is 5.97 Å². The van der Waals surface area contributed by atoms with Crippen LogP contribution in [0, 0.1) is 6.92 Å². The number of nitrogens with zero attached hydrogens (tertiary/aromatic N) is 3. The fraction of sp³-hybridized carbons (Fsp3) is 0.273. The summed E-state index contributed by atoms with van der Waals surface area (Å²) in [5, 5.41) is 4.50. The first kappa shape index (κ1) is 22.5. The zero-order chi connectivity index (χ0) is 22.7. The number of esters is 1. The molecular formula is C22H22ClN3O5S. The van der Waals surface area contributed by atoms with E-state index in [1.165, 1.54) is 21.1 Å². The maximum atomic E-state index is 12.9. The van der Waals surface area contributed by atoms with Crippen molar-refractivity contribution < 1.29 is 22.7 Å². The first-order chi connectivity index (χ1) is 15.4. The molecule has 0 bridgehead atoms. The van der Waals surface area contributed by atoms with E-state index in [4.69, 9.17) is 21.1 Å². The van der Waals surface area contributed by atoms with E-state index < -0.39 is 16.0 Å². The average molecular weight is 476 g/mol. The molecule has 1 aliphatic rings. The minimum atomic E-state index is -3.64. The number of carbonyl (C=O) groups is 1. The highest BCUT2D eigenvalue weighted by molar-refractivity contribution is 7.89. The van der Waals surface area contributed by atoms with E-state index in [2.05, 4.69) is 5.10 Å². The van der Waals surface area contributed by atoms with Crippen LogP contribution in [-0.4, -0.2) is 54.8 Å². The third kappa shape index (κ3) is 4.56. The number of rotatable bonds is 6. The van der Waals surface area contributed by atoms with Crippen molar-refractivity contribution in [1.29, 1.82) is 0 Å². The molecule has 10 heteroatoms. The van der Waals surface area contributed by atoms with Gasteiger partial charge in [-0.2, -0.15) is 9.40 Å². The number of morpholine rings is 1. The molecule has 8 nitrogen and oxygen atoms in total. The monoisotopic (exact) mass is 475 g/mol. The molecule has 0 amide bonds. The third-order valence-electron chi connectivity index (χ3n) is 5.09. The summed E-state index contributed by atoms with van der Waals surface area (Å²) in [7, 11) is -3.64. The predicted octanol–water partition coefficient (Wildman–Crippen LogP) is 3.21. The van der Waals surface area contributed by atoms with Gasteiger partial charge in [-0.25, -0.2) is 17.9 Å². The van der Waals surface area contributed by atoms with Crippen molar-refractivity contribution >= 4 is 27.6 Å². The number of carbonyl (C=O) groups excluding carboxylic acids is 1. The molecule has 0 radical (unpaired) electrons. The molecule has 3 aromatic rings. The Morgan fingerprint density at radius 3 is 2.56 bits per heavy atom. The van der Waals surface area contributed by atoms with Gasteiger partial charge in [0.1, 0.15) is 17.3 Å². The summed E-state index contributed by atoms with van der Waals surface area (Å²) in [6, 6.07) is 15.6. The standard InChI is InChI=1S/C22H22ClN3O5S/c1-16-20(21(23)26(24-16)18-7-3-2-4-8-18)22(27)31-15-17-6-5-9-19(14-17)32(28,29)25-10-12-30-13-11-25/h2-9,14H,10-13,15H2,1H3. The molecule has 168 valence electrons. The van der Waals surface area contributed by atoms with E-state index in [0.29, 0.717) is 37.6 Å². The number of halogens is 1. The highest BCUT2D eigenvalue weighted by atomic mass is 35.5. The second-order valence-electron chi connectivity index (χ2n) is 7.24. The van der Waals surface area contributed by atoms with Gasteiger partial charge in [0, 0.05) is 13.1 Å². The quantitative estimate of drug-likeness (QED) is 0.508. The molecule has 2 aromatic carbocycles. The van der Waals surface area contributed by atoms with Gasteiger partial charge in [0.15, 0.2) is 0 Å². The lowest BCUT2D eigenvalue weighted by Gasteiger charge is -2.26. The summed E-state index contributed by atoms with van der Waals surface area (Å²) in [6.07, 6.45) is 0. The third-order valence-corrected chi connectivity index (χ3v) is 7.33. The number of benzene rings is 2. The molecule has 2 heterocycles. The van der Waals surface area contributed by atoms with Crippen LogP contribution in [0.5, 0.6) is 0 Å². The van der Waals surface area contributed by atoms with Crippen LogP contribution in [0.1, 0.15) is 21.6 Å². The highest BCUT2D eigenvalue weighted by Crippen LogP contribution is 2.25. The number of hydrogen-bond acceptors (Lipinski definition) is 6. The lowest BCUT2D eigenvalue weighted by molar-refractivity contribution is 0.0472. The van der Waals surface area contributed by atoms with Crippen LogP contribution < -0.4 is 0 Å². The molecule has 1 fully saturated rings. The summed E-state index contributed by atoms with van der Waals surface area (Å²) >= 11 is 6.42. The maximum Gasteiger partial charge on any atom is 0.343 e. The number of aromatic nitrogens is 2. The maximum absolute atomic E-state index is 12.9. The topological polar surface area (TPSA) is 90.7 Å². The molecule has 0 N–H and O–H groups in total. The smallest absolute Gasteiger partial charge is 0.343 e. The molecule has 0 spiro atoms. The van der Waals surface area contributed by atoms with Gasteiger partial charge in [-0.3, -0.25) is 0 Å². The number of sulfonamides is 1. The summed E-state index contributed by atoms with van der Waals surface area (Å²) in [6.45, 7) is 2.94. The van der Waals surface area contributed by atoms with Crippen molar-refractivity contribution in [1.82, 2.24) is 14.1 Å². The van der Waals surface area contributed by atoms with Crippen LogP contribution in [0.4, 0.5) is 0 Å². The summed E-state index contributed by atoms with van der Waals surface area (Å²) in [5.41, 5.74) is 1.89. The van der Waals surface area contributed by atoms with E-state index in [0.717, 1.165) is 5.69 Å². The van der Waals surface area contributed by atoms with E-state index in [1.807, 2.05) is 30.3 Å². The van der Waals surface area contributed by atoms with Crippen molar-refractivity contribution in [2.75, 3.05) is 26.3 Å². The molecule has 0 aliphatic carbocycles. The molecule has 1 aliphatic heterocycles. The molecule has 0 unspecified atom stereocenters. The van der Waals surface area contributed by atoms with E-state index in [9.17, 15) is 13.2 Å². The Morgan fingerprint density at radius 1 is 1.12 bits per heavy atom. The van der Waals surface area contributed by atoms with Crippen molar-refractivity contribution in [3.05, 3.63) is 76.6 Å². The van der Waals surface area contributed by atoms with Crippen molar-refractivity contribution in [3.63, 3.8) is 0 Å². The fourth-order valence-electron chi connectivity index (χ4n) is 3.42. The molecule has 4 rings (SSSR count). The van der Waals surface area contributed by atoms with Crippen LogP contribution >= 0.6 is 11.6 Å². The summed E-state index contributed by atoms with van der Waals surface area (Å²) < 4.78 is 39.2. The second kappa shape index (κ2) is 9.41. The lowest BCUT2D eigenvalue weighted by atomic mass is 10.2. The Kier molecular flexibility index (Phi) is 6.61. The molecular weight excluding hydrogens is 454 g/mol. The van der Waals surface area contributed by atoms with E-state index in [1.54, 1.807) is 19.1 Å². The molecule has 0 atom stereocenters. The van der Waals surface area contributed by atoms with Crippen LogP contribution in [0.3, 0.4) is 0 Å². The van der Waals surface area contributed by atoms with Gasteiger partial charge in [0.05, 0.1) is 29.5 Å². The van der Waals surface area contributed by atoms with Crippen molar-refractivity contribution in [3.8, 4) is 5.69 Å². The predicted molar refractivity (Wildman–Crippen MR) is 118 cm³/mol. The largest absolute Gasteiger partial charge is 0.457 e. The Balaban J connectivity index is 1.50. The first-order valence-corrected chi connectivity index (χ1v) is 11.8. The van der Waals surface area contributed by atoms with Gasteiger partial charge in [-0.05, 0) is 36.8 Å². The molecule has 1 aromatic heterocycles. The van der Waals surface area contributed by atoms with Crippen molar-refractivity contribution in [2.45, 2.75) is 18.4 Å². The normalized spacial score (nSPS) is 14.9. The summed E-state index contributed by atoms with van der Waals surface area (Å²) in [5.74, 6) is -0.629. The SMILES string of the molecule is Cc1nn(-c2ccccc2)c(Cl)c1C(=O)OCc1cccc(S(=O)(=O)N2CCOCC2)c1. The fourth-order valence-corrected chi connectivity index (χ4v) is 5.25. The highest BCUT2D eigenvalue weighted by Gasteiger charge is 2.27. The van der Waals surface area contributed by atoms with Gasteiger partial charge < -0.3 is 9.47 Å². The average Bonchev–Trinajstić information content (AvgIpc) is 3.12. The van der Waals surface area contributed by atoms with Gasteiger partial charge in [0.25, 0.3) is 0 Å². The Bertz CT molecular complexity index is 1220. The molecule has 0 saturated carbocycles. The van der Waals surface area contributed by atoms with Gasteiger partial charge in [-0.15, -0.1) is 0 Å². The minimum absolute atomic E-state index is 0.0996. The lowest BCUT2D eigenvalue weighted by Crippen LogP contribution is -2.40. The van der Waals surface area contributed by atoms with E-state index in [-0.39, 0.29) is 22.2 Å². The first-order valence-electron chi connectivity index (χ1n) is 10.0. The van der Waals surface area contributed by atoms with Crippen LogP contribution in [0.25, 0.3) is 5.69 Å². The van der Waals surface area contributed by atoms with E-state index >= 15 is 0 Å². The van der Waals surface area contributed by atoms with Crippen molar-refractivity contribution in [2.24, 2.45) is 0 Å². The Labute approximate surface area is 191 Å². The van der Waals surface area contributed by atoms with Crippen LogP contribution in [0.15, 0.2) is 59.5 Å². The number of ether oxygens (including phenoxy) is 2. The van der Waals surface area contributed by atoms with Crippen LogP contribution in [-0.2, 0) is 26.1 Å². The molecule has 32 heavy (non-hydrogen) atoms. The van der Waals surface area contributed by atoms with Crippen LogP contribution in [0.2, 0.25) is 5.15 Å². The van der Waals surface area contributed by atoms with Gasteiger partial charge in [0.2, 0.25) is 10.0 Å².